The molecule has 0 bridgehead atoms. The Balaban J connectivity index is 1.78. The zero-order chi connectivity index (χ0) is 18.7. The van der Waals surface area contributed by atoms with Gasteiger partial charge in [0, 0.05) is 24.1 Å². The van der Waals surface area contributed by atoms with E-state index in [1.807, 2.05) is 0 Å². The second-order valence-corrected chi connectivity index (χ2v) is 8.85. The number of hydrogen-bond donors (Lipinski definition) is 1. The molecule has 26 heavy (non-hydrogen) atoms. The molecule has 1 fully saturated rings. The summed E-state index contributed by atoms with van der Waals surface area (Å²) < 4.78 is 40.2. The summed E-state index contributed by atoms with van der Waals surface area (Å²) in [4.78, 5) is 12.6. The van der Waals surface area contributed by atoms with E-state index in [0.29, 0.717) is 17.6 Å². The summed E-state index contributed by atoms with van der Waals surface area (Å²) >= 11 is 3.30. The van der Waals surface area contributed by atoms with Gasteiger partial charge >= 0.3 is 0 Å². The van der Waals surface area contributed by atoms with Gasteiger partial charge in [-0.1, -0.05) is 12.1 Å². The molecule has 2 aromatic carbocycles. The Morgan fingerprint density at radius 2 is 1.77 bits per heavy atom. The van der Waals surface area contributed by atoms with Crippen LogP contribution in [-0.2, 0) is 16.6 Å². The third-order valence-corrected chi connectivity index (χ3v) is 6.84. The number of benzene rings is 2. The molecule has 0 saturated carbocycles. The van der Waals surface area contributed by atoms with Crippen molar-refractivity contribution in [3.8, 4) is 0 Å². The van der Waals surface area contributed by atoms with Crippen LogP contribution in [0.3, 0.4) is 0 Å². The number of carbonyl (C=O) groups is 1. The Labute approximate surface area is 160 Å². The summed E-state index contributed by atoms with van der Waals surface area (Å²) in [6.45, 7) is 1.23. The standard InChI is InChI=1S/C18H18BrFN2O3S/c19-17-8-7-15(26(24,25)22-9-1-2-10-22)11-16(17)18(23)21-12-13-3-5-14(20)6-4-13/h3-8,11H,1-2,9-10,12H2,(H,21,23). The molecule has 8 heteroatoms. The third kappa shape index (κ3) is 4.13. The Morgan fingerprint density at radius 1 is 1.12 bits per heavy atom. The average Bonchev–Trinajstić information content (AvgIpc) is 3.17. The molecule has 0 spiro atoms. The van der Waals surface area contributed by atoms with Crippen molar-refractivity contribution in [3.63, 3.8) is 0 Å². The fraction of sp³-hybridized carbons (Fsp3) is 0.278. The zero-order valence-electron chi connectivity index (χ0n) is 13.9. The largest absolute Gasteiger partial charge is 0.348 e. The first-order chi connectivity index (χ1) is 12.4. The van der Waals surface area contributed by atoms with Crippen molar-refractivity contribution in [2.45, 2.75) is 24.3 Å². The van der Waals surface area contributed by atoms with Gasteiger partial charge in [0.2, 0.25) is 10.0 Å². The molecule has 1 amide bonds. The Hall–Kier alpha value is -1.77. The summed E-state index contributed by atoms with van der Waals surface area (Å²) in [7, 11) is -3.59. The van der Waals surface area contributed by atoms with Crippen molar-refractivity contribution in [2.75, 3.05) is 13.1 Å². The lowest BCUT2D eigenvalue weighted by molar-refractivity contribution is 0.0950. The van der Waals surface area contributed by atoms with Gasteiger partial charge in [0.15, 0.2) is 0 Å². The summed E-state index contributed by atoms with van der Waals surface area (Å²) in [5, 5.41) is 2.72. The van der Waals surface area contributed by atoms with Gasteiger partial charge in [-0.3, -0.25) is 4.79 Å². The zero-order valence-corrected chi connectivity index (χ0v) is 16.3. The highest BCUT2D eigenvalue weighted by Crippen LogP contribution is 2.25. The molecule has 1 aliphatic heterocycles. The van der Waals surface area contributed by atoms with Crippen LogP contribution in [0.4, 0.5) is 4.39 Å². The van der Waals surface area contributed by atoms with Gasteiger partial charge in [0.25, 0.3) is 5.91 Å². The molecule has 1 saturated heterocycles. The van der Waals surface area contributed by atoms with E-state index in [0.717, 1.165) is 18.4 Å². The molecule has 0 aliphatic carbocycles. The highest BCUT2D eigenvalue weighted by atomic mass is 79.9. The molecule has 2 aromatic rings. The van der Waals surface area contributed by atoms with Crippen molar-refractivity contribution in [3.05, 3.63) is 63.9 Å². The number of carbonyl (C=O) groups excluding carboxylic acids is 1. The van der Waals surface area contributed by atoms with E-state index in [1.54, 1.807) is 18.2 Å². The van der Waals surface area contributed by atoms with Crippen LogP contribution < -0.4 is 5.32 Å². The van der Waals surface area contributed by atoms with Crippen molar-refractivity contribution >= 4 is 31.9 Å². The molecule has 3 rings (SSSR count). The molecule has 1 heterocycles. The number of halogens is 2. The highest BCUT2D eigenvalue weighted by Gasteiger charge is 2.28. The van der Waals surface area contributed by atoms with Crippen LogP contribution in [0.2, 0.25) is 0 Å². The fourth-order valence-corrected chi connectivity index (χ4v) is 4.77. The molecule has 5 nitrogen and oxygen atoms in total. The lowest BCUT2D eigenvalue weighted by Crippen LogP contribution is -2.28. The molecule has 0 aromatic heterocycles. The van der Waals surface area contributed by atoms with Crippen LogP contribution in [0.5, 0.6) is 0 Å². The van der Waals surface area contributed by atoms with Crippen molar-refractivity contribution in [1.82, 2.24) is 9.62 Å². The van der Waals surface area contributed by atoms with Gasteiger partial charge in [-0.15, -0.1) is 0 Å². The minimum Gasteiger partial charge on any atom is -0.348 e. The molecular weight excluding hydrogens is 423 g/mol. The van der Waals surface area contributed by atoms with Crippen molar-refractivity contribution in [1.29, 1.82) is 0 Å². The van der Waals surface area contributed by atoms with Crippen molar-refractivity contribution in [2.24, 2.45) is 0 Å². The van der Waals surface area contributed by atoms with E-state index >= 15 is 0 Å². The molecule has 1 N–H and O–H groups in total. The van der Waals surface area contributed by atoms with Gasteiger partial charge in [0.05, 0.1) is 10.5 Å². The Morgan fingerprint density at radius 3 is 2.42 bits per heavy atom. The van der Waals surface area contributed by atoms with Gasteiger partial charge in [0.1, 0.15) is 5.82 Å². The minimum atomic E-state index is -3.59. The van der Waals surface area contributed by atoms with E-state index in [1.165, 1.54) is 28.6 Å². The molecule has 0 radical (unpaired) electrons. The lowest BCUT2D eigenvalue weighted by Gasteiger charge is -2.16. The van der Waals surface area contributed by atoms with Gasteiger partial charge < -0.3 is 5.32 Å². The van der Waals surface area contributed by atoms with Crippen LogP contribution in [-0.4, -0.2) is 31.7 Å². The Bertz CT molecular complexity index is 911. The lowest BCUT2D eigenvalue weighted by atomic mass is 10.2. The van der Waals surface area contributed by atoms with Crippen LogP contribution in [0.1, 0.15) is 28.8 Å². The summed E-state index contributed by atoms with van der Waals surface area (Å²) in [5.74, 6) is -0.748. The normalized spacial score (nSPS) is 15.2. The number of sulfonamides is 1. The van der Waals surface area contributed by atoms with E-state index in [4.69, 9.17) is 0 Å². The van der Waals surface area contributed by atoms with Gasteiger partial charge in [-0.05, 0) is 64.7 Å². The summed E-state index contributed by atoms with van der Waals surface area (Å²) in [6, 6.07) is 10.3. The van der Waals surface area contributed by atoms with E-state index in [9.17, 15) is 17.6 Å². The molecular formula is C18H18BrFN2O3S. The second kappa shape index (κ2) is 7.85. The van der Waals surface area contributed by atoms with E-state index in [2.05, 4.69) is 21.2 Å². The predicted molar refractivity (Wildman–Crippen MR) is 99.7 cm³/mol. The maximum absolute atomic E-state index is 12.9. The number of hydrogen-bond acceptors (Lipinski definition) is 3. The van der Waals surface area contributed by atoms with Crippen LogP contribution in [0, 0.1) is 5.82 Å². The number of nitrogens with zero attached hydrogens (tertiary/aromatic N) is 1. The fourth-order valence-electron chi connectivity index (χ4n) is 2.80. The summed E-state index contributed by atoms with van der Waals surface area (Å²) in [6.07, 6.45) is 1.70. The monoisotopic (exact) mass is 440 g/mol. The Kier molecular flexibility index (Phi) is 5.74. The predicted octanol–water partition coefficient (Wildman–Crippen LogP) is 3.30. The smallest absolute Gasteiger partial charge is 0.252 e. The maximum Gasteiger partial charge on any atom is 0.252 e. The SMILES string of the molecule is O=C(NCc1ccc(F)cc1)c1cc(S(=O)(=O)N2CCCC2)ccc1Br. The molecule has 138 valence electrons. The maximum atomic E-state index is 12.9. The minimum absolute atomic E-state index is 0.106. The van der Waals surface area contributed by atoms with Gasteiger partial charge in [-0.2, -0.15) is 4.31 Å². The average molecular weight is 441 g/mol. The van der Waals surface area contributed by atoms with E-state index < -0.39 is 15.9 Å². The number of nitrogens with one attached hydrogen (secondary N) is 1. The molecule has 0 atom stereocenters. The second-order valence-electron chi connectivity index (χ2n) is 6.06. The van der Waals surface area contributed by atoms with Crippen molar-refractivity contribution < 1.29 is 17.6 Å². The molecule has 0 unspecified atom stereocenters. The molecule has 1 aliphatic rings. The van der Waals surface area contributed by atoms with E-state index in [-0.39, 0.29) is 22.8 Å². The van der Waals surface area contributed by atoms with Crippen LogP contribution >= 0.6 is 15.9 Å². The number of amides is 1. The van der Waals surface area contributed by atoms with Crippen LogP contribution in [0.15, 0.2) is 51.8 Å². The first-order valence-corrected chi connectivity index (χ1v) is 10.4. The quantitative estimate of drug-likeness (QED) is 0.775. The van der Waals surface area contributed by atoms with Gasteiger partial charge in [-0.25, -0.2) is 12.8 Å². The first-order valence-electron chi connectivity index (χ1n) is 8.20. The topological polar surface area (TPSA) is 66.5 Å². The third-order valence-electron chi connectivity index (χ3n) is 4.25. The summed E-state index contributed by atoms with van der Waals surface area (Å²) in [5.41, 5.74) is 0.990. The first kappa shape index (κ1) is 19.0. The highest BCUT2D eigenvalue weighted by molar-refractivity contribution is 9.10. The number of rotatable bonds is 5. The van der Waals surface area contributed by atoms with Crippen LogP contribution in [0.25, 0.3) is 0 Å².